The zero-order valence-corrected chi connectivity index (χ0v) is 22.2. The van der Waals surface area contributed by atoms with Crippen molar-refractivity contribution < 1.29 is 23.8 Å². The van der Waals surface area contributed by atoms with Crippen LogP contribution in [0.5, 0.6) is 17.2 Å². The molecule has 0 spiro atoms. The summed E-state index contributed by atoms with van der Waals surface area (Å²) < 4.78 is 18.0. The summed E-state index contributed by atoms with van der Waals surface area (Å²) in [7, 11) is 0. The second kappa shape index (κ2) is 13.5. The van der Waals surface area contributed by atoms with E-state index in [2.05, 4.69) is 34.9 Å². The number of benzene rings is 3. The van der Waals surface area contributed by atoms with Crippen molar-refractivity contribution in [2.45, 2.75) is 39.5 Å². The highest BCUT2D eigenvalue weighted by atomic mass is 16.5. The van der Waals surface area contributed by atoms with E-state index in [1.54, 1.807) is 0 Å². The van der Waals surface area contributed by atoms with E-state index in [0.717, 1.165) is 64.0 Å². The molecule has 1 aliphatic rings. The number of ether oxygens (including phenoxy) is 3. The predicted octanol–water partition coefficient (Wildman–Crippen LogP) is 5.06. The van der Waals surface area contributed by atoms with Gasteiger partial charge in [-0.05, 0) is 59.7 Å². The van der Waals surface area contributed by atoms with Gasteiger partial charge in [0.1, 0.15) is 23.9 Å². The molecule has 0 atom stereocenters. The van der Waals surface area contributed by atoms with Gasteiger partial charge >= 0.3 is 0 Å². The van der Waals surface area contributed by atoms with Gasteiger partial charge < -0.3 is 24.8 Å². The van der Waals surface area contributed by atoms with Crippen molar-refractivity contribution in [2.75, 3.05) is 32.9 Å². The summed E-state index contributed by atoms with van der Waals surface area (Å²) in [5, 5.41) is 8.01. The molecule has 3 aromatic rings. The zero-order chi connectivity index (χ0) is 26.7. The Kier molecular flexibility index (Phi) is 9.62. The van der Waals surface area contributed by atoms with Crippen LogP contribution in [0.3, 0.4) is 0 Å². The molecule has 200 valence electrons. The van der Waals surface area contributed by atoms with Crippen molar-refractivity contribution in [3.8, 4) is 17.2 Å². The molecular formula is C31H36N2O5. The minimum absolute atomic E-state index is 0.0273. The minimum Gasteiger partial charge on any atom is -0.493 e. The molecule has 0 bridgehead atoms. The SMILES string of the molecule is CCCC(=O)NCC1=Cc2cc(OCCCOc3cccc4cccc(CCNC(C)=O)c34)ccc2OC1. The summed E-state index contributed by atoms with van der Waals surface area (Å²) in [5.41, 5.74) is 3.13. The average molecular weight is 517 g/mol. The molecule has 3 aromatic carbocycles. The third-order valence-electron chi connectivity index (χ3n) is 6.28. The first-order valence-corrected chi connectivity index (χ1v) is 13.3. The Balaban J connectivity index is 1.29. The van der Waals surface area contributed by atoms with Crippen LogP contribution in [0.4, 0.5) is 0 Å². The van der Waals surface area contributed by atoms with Crippen LogP contribution in [0.25, 0.3) is 16.8 Å². The van der Waals surface area contributed by atoms with Gasteiger partial charge in [0.25, 0.3) is 0 Å². The number of hydrogen-bond donors (Lipinski definition) is 2. The Hall–Kier alpha value is -4.00. The second-order valence-electron chi connectivity index (χ2n) is 9.37. The lowest BCUT2D eigenvalue weighted by atomic mass is 10.0. The fourth-order valence-electron chi connectivity index (χ4n) is 4.44. The molecule has 0 fully saturated rings. The molecule has 0 unspecified atom stereocenters. The highest BCUT2D eigenvalue weighted by Gasteiger charge is 2.13. The minimum atomic E-state index is -0.0273. The number of hydrogen-bond acceptors (Lipinski definition) is 5. The predicted molar refractivity (Wildman–Crippen MR) is 150 cm³/mol. The van der Waals surface area contributed by atoms with Gasteiger partial charge in [0.05, 0.1) is 13.2 Å². The van der Waals surface area contributed by atoms with Gasteiger partial charge in [0.2, 0.25) is 11.8 Å². The second-order valence-corrected chi connectivity index (χ2v) is 9.37. The molecule has 2 N–H and O–H groups in total. The lowest BCUT2D eigenvalue weighted by Gasteiger charge is -2.19. The van der Waals surface area contributed by atoms with Gasteiger partial charge in [0, 0.05) is 43.8 Å². The largest absolute Gasteiger partial charge is 0.493 e. The van der Waals surface area contributed by atoms with E-state index in [1.807, 2.05) is 43.3 Å². The van der Waals surface area contributed by atoms with E-state index in [4.69, 9.17) is 14.2 Å². The maximum absolute atomic E-state index is 11.8. The van der Waals surface area contributed by atoms with Crippen LogP contribution >= 0.6 is 0 Å². The standard InChI is InChI=1S/C31H36N2O5/c1-3-7-30(35)33-20-23-18-26-19-27(12-13-28(26)38-21-23)36-16-6-17-37-29-11-5-10-24-8-4-9-25(31(24)29)14-15-32-22(2)34/h4-5,8-13,18-19H,3,6-7,14-17,20-21H2,1-2H3,(H,32,34)(H,33,35). The van der Waals surface area contributed by atoms with Crippen LogP contribution in [0.1, 0.15) is 44.2 Å². The maximum Gasteiger partial charge on any atom is 0.220 e. The summed E-state index contributed by atoms with van der Waals surface area (Å²) in [6.07, 6.45) is 4.89. The van der Waals surface area contributed by atoms with Crippen molar-refractivity contribution in [1.29, 1.82) is 0 Å². The van der Waals surface area contributed by atoms with Crippen LogP contribution < -0.4 is 24.8 Å². The molecule has 1 aliphatic heterocycles. The molecule has 2 amide bonds. The van der Waals surface area contributed by atoms with E-state index in [-0.39, 0.29) is 11.8 Å². The quantitative estimate of drug-likeness (QED) is 0.310. The fourth-order valence-corrected chi connectivity index (χ4v) is 4.44. The first-order chi connectivity index (χ1) is 18.5. The van der Waals surface area contributed by atoms with Crippen LogP contribution in [0.15, 0.2) is 60.2 Å². The van der Waals surface area contributed by atoms with Gasteiger partial charge in [-0.2, -0.15) is 0 Å². The molecule has 4 rings (SSSR count). The number of carbonyl (C=O) groups is 2. The average Bonchev–Trinajstić information content (AvgIpc) is 2.91. The topological polar surface area (TPSA) is 85.9 Å². The lowest BCUT2D eigenvalue weighted by molar-refractivity contribution is -0.121. The van der Waals surface area contributed by atoms with Crippen molar-refractivity contribution in [1.82, 2.24) is 10.6 Å². The summed E-state index contributed by atoms with van der Waals surface area (Å²) >= 11 is 0. The van der Waals surface area contributed by atoms with E-state index in [0.29, 0.717) is 39.3 Å². The third kappa shape index (κ3) is 7.51. The van der Waals surface area contributed by atoms with E-state index in [1.165, 1.54) is 6.92 Å². The smallest absolute Gasteiger partial charge is 0.220 e. The highest BCUT2D eigenvalue weighted by Crippen LogP contribution is 2.31. The molecule has 0 saturated heterocycles. The Morgan fingerprint density at radius 3 is 2.63 bits per heavy atom. The molecule has 0 saturated carbocycles. The van der Waals surface area contributed by atoms with E-state index < -0.39 is 0 Å². The summed E-state index contributed by atoms with van der Waals surface area (Å²) in [4.78, 5) is 23.0. The first kappa shape index (κ1) is 27.0. The van der Waals surface area contributed by atoms with E-state index in [9.17, 15) is 9.59 Å². The van der Waals surface area contributed by atoms with Crippen LogP contribution in [0, 0.1) is 0 Å². The molecular weight excluding hydrogens is 480 g/mol. The van der Waals surface area contributed by atoms with Gasteiger partial charge in [0.15, 0.2) is 0 Å². The third-order valence-corrected chi connectivity index (χ3v) is 6.28. The maximum atomic E-state index is 11.8. The molecule has 7 nitrogen and oxygen atoms in total. The summed E-state index contributed by atoms with van der Waals surface area (Å²) in [5.74, 6) is 2.46. The van der Waals surface area contributed by atoms with Crippen molar-refractivity contribution >= 4 is 28.7 Å². The highest BCUT2D eigenvalue weighted by molar-refractivity contribution is 5.91. The molecule has 38 heavy (non-hydrogen) atoms. The summed E-state index contributed by atoms with van der Waals surface area (Å²) in [6.45, 7) is 6.11. The van der Waals surface area contributed by atoms with Crippen molar-refractivity contribution in [3.05, 3.63) is 71.3 Å². The molecule has 0 aliphatic carbocycles. The Morgan fingerprint density at radius 2 is 1.82 bits per heavy atom. The molecule has 1 heterocycles. The Labute approximate surface area is 224 Å². The monoisotopic (exact) mass is 516 g/mol. The molecule has 7 heteroatoms. The number of fused-ring (bicyclic) bond motifs is 2. The number of nitrogens with one attached hydrogen (secondary N) is 2. The van der Waals surface area contributed by atoms with Gasteiger partial charge in [-0.1, -0.05) is 37.3 Å². The number of rotatable bonds is 13. The van der Waals surface area contributed by atoms with Crippen molar-refractivity contribution in [2.24, 2.45) is 0 Å². The van der Waals surface area contributed by atoms with Crippen LogP contribution in [0.2, 0.25) is 0 Å². The Morgan fingerprint density at radius 1 is 1.00 bits per heavy atom. The van der Waals surface area contributed by atoms with Crippen LogP contribution in [-0.4, -0.2) is 44.7 Å². The zero-order valence-electron chi connectivity index (χ0n) is 22.2. The number of amides is 2. The summed E-state index contributed by atoms with van der Waals surface area (Å²) in [6, 6.07) is 18.1. The molecule has 0 radical (unpaired) electrons. The van der Waals surface area contributed by atoms with Gasteiger partial charge in [-0.3, -0.25) is 9.59 Å². The lowest BCUT2D eigenvalue weighted by Crippen LogP contribution is -2.27. The first-order valence-electron chi connectivity index (χ1n) is 13.3. The number of carbonyl (C=O) groups excluding carboxylic acids is 2. The van der Waals surface area contributed by atoms with E-state index >= 15 is 0 Å². The molecule has 0 aromatic heterocycles. The van der Waals surface area contributed by atoms with Crippen LogP contribution in [-0.2, 0) is 16.0 Å². The Bertz CT molecular complexity index is 1300. The normalized spacial score (nSPS) is 12.2. The van der Waals surface area contributed by atoms with Gasteiger partial charge in [-0.25, -0.2) is 0 Å². The fraction of sp³-hybridized carbons (Fsp3) is 0.355. The van der Waals surface area contributed by atoms with Crippen molar-refractivity contribution in [3.63, 3.8) is 0 Å². The van der Waals surface area contributed by atoms with Gasteiger partial charge in [-0.15, -0.1) is 0 Å².